The molecule has 26 heavy (non-hydrogen) atoms. The molecule has 8 heteroatoms. The third-order valence-corrected chi connectivity index (χ3v) is 5.00. The van der Waals surface area contributed by atoms with Crippen LogP contribution in [0.15, 0.2) is 24.3 Å². The summed E-state index contributed by atoms with van der Waals surface area (Å²) in [5.74, 6) is -0.0682. The summed E-state index contributed by atoms with van der Waals surface area (Å²) in [6, 6.07) is 7.03. The maximum absolute atomic E-state index is 12.8. The van der Waals surface area contributed by atoms with Crippen molar-refractivity contribution in [2.45, 2.75) is 33.3 Å². The number of halogens is 1. The summed E-state index contributed by atoms with van der Waals surface area (Å²) < 4.78 is 5.68. The second-order valence-corrected chi connectivity index (χ2v) is 7.33. The first-order valence-electron chi connectivity index (χ1n) is 8.33. The van der Waals surface area contributed by atoms with Gasteiger partial charge in [0, 0.05) is 11.6 Å². The van der Waals surface area contributed by atoms with Gasteiger partial charge < -0.3 is 15.4 Å². The third-order valence-electron chi connectivity index (χ3n) is 3.63. The van der Waals surface area contributed by atoms with Gasteiger partial charge in [-0.25, -0.2) is 4.98 Å². The van der Waals surface area contributed by atoms with Crippen molar-refractivity contribution in [3.63, 3.8) is 0 Å². The molecule has 0 saturated carbocycles. The lowest BCUT2D eigenvalue weighted by atomic mass is 10.2. The van der Waals surface area contributed by atoms with Crippen LogP contribution in [0, 0.1) is 6.92 Å². The maximum atomic E-state index is 12.8. The van der Waals surface area contributed by atoms with Gasteiger partial charge in [0.15, 0.2) is 0 Å². The van der Waals surface area contributed by atoms with E-state index >= 15 is 0 Å². The van der Waals surface area contributed by atoms with E-state index in [9.17, 15) is 9.59 Å². The van der Waals surface area contributed by atoms with E-state index in [2.05, 4.69) is 4.98 Å². The van der Waals surface area contributed by atoms with E-state index in [0.29, 0.717) is 32.9 Å². The SMILES string of the molecule is CCCCN(CC(N)=O)C(=O)c1sc(COc2ccc(Cl)cc2)nc1C. The van der Waals surface area contributed by atoms with E-state index in [-0.39, 0.29) is 19.1 Å². The molecule has 0 aliphatic carbocycles. The molecule has 1 aromatic heterocycles. The fraction of sp³-hybridized carbons (Fsp3) is 0.389. The first-order valence-corrected chi connectivity index (χ1v) is 9.52. The average molecular weight is 396 g/mol. The summed E-state index contributed by atoms with van der Waals surface area (Å²) in [5.41, 5.74) is 5.90. The maximum Gasteiger partial charge on any atom is 0.266 e. The predicted octanol–water partition coefficient (Wildman–Crippen LogP) is 3.41. The number of unbranched alkanes of at least 4 members (excludes halogenated alkanes) is 1. The zero-order chi connectivity index (χ0) is 19.1. The van der Waals surface area contributed by atoms with Gasteiger partial charge in [-0.3, -0.25) is 9.59 Å². The van der Waals surface area contributed by atoms with E-state index in [0.717, 1.165) is 12.8 Å². The summed E-state index contributed by atoms with van der Waals surface area (Å²) in [7, 11) is 0. The Bertz CT molecular complexity index is 762. The smallest absolute Gasteiger partial charge is 0.266 e. The Morgan fingerprint density at radius 1 is 1.31 bits per heavy atom. The zero-order valence-corrected chi connectivity index (χ0v) is 16.4. The Hall–Kier alpha value is -2.12. The van der Waals surface area contributed by atoms with Gasteiger partial charge in [-0.2, -0.15) is 0 Å². The second kappa shape index (κ2) is 9.54. The highest BCUT2D eigenvalue weighted by atomic mass is 35.5. The number of aromatic nitrogens is 1. The second-order valence-electron chi connectivity index (χ2n) is 5.81. The molecule has 1 heterocycles. The molecule has 140 valence electrons. The molecule has 0 aliphatic rings. The number of ether oxygens (including phenoxy) is 1. The molecular formula is C18H22ClN3O3S. The summed E-state index contributed by atoms with van der Waals surface area (Å²) in [6.45, 7) is 4.46. The van der Waals surface area contributed by atoms with Crippen LogP contribution >= 0.6 is 22.9 Å². The van der Waals surface area contributed by atoms with Crippen molar-refractivity contribution in [3.05, 3.63) is 44.9 Å². The number of hydrogen-bond donors (Lipinski definition) is 1. The molecular weight excluding hydrogens is 374 g/mol. The first-order chi connectivity index (χ1) is 12.4. The standard InChI is InChI=1S/C18H22ClN3O3S/c1-3-4-9-22(10-15(20)23)18(24)17-12(2)21-16(26-17)11-25-14-7-5-13(19)6-8-14/h5-8H,3-4,9-11H2,1-2H3,(H2,20,23). The molecule has 0 radical (unpaired) electrons. The van der Waals surface area contributed by atoms with E-state index < -0.39 is 5.91 Å². The van der Waals surface area contributed by atoms with Gasteiger partial charge >= 0.3 is 0 Å². The van der Waals surface area contributed by atoms with Crippen LogP contribution < -0.4 is 10.5 Å². The minimum Gasteiger partial charge on any atom is -0.486 e. The van der Waals surface area contributed by atoms with Gasteiger partial charge in [-0.1, -0.05) is 24.9 Å². The number of hydrogen-bond acceptors (Lipinski definition) is 5. The van der Waals surface area contributed by atoms with Gasteiger partial charge in [0.2, 0.25) is 5.91 Å². The fourth-order valence-electron chi connectivity index (χ4n) is 2.32. The number of amides is 2. The van der Waals surface area contributed by atoms with Crippen LogP contribution in [0.1, 0.15) is 40.1 Å². The number of thiazole rings is 1. The Balaban J connectivity index is 2.07. The Labute approximate surface area is 161 Å². The van der Waals surface area contributed by atoms with Crippen LogP contribution in [0.4, 0.5) is 0 Å². The van der Waals surface area contributed by atoms with Gasteiger partial charge in [-0.15, -0.1) is 11.3 Å². The topological polar surface area (TPSA) is 85.5 Å². The van der Waals surface area contributed by atoms with Crippen molar-refractivity contribution in [3.8, 4) is 5.75 Å². The number of benzene rings is 1. The minimum absolute atomic E-state index is 0.0905. The molecule has 2 amide bonds. The van der Waals surface area contributed by atoms with Crippen LogP contribution in [0.25, 0.3) is 0 Å². The number of primary amides is 1. The van der Waals surface area contributed by atoms with E-state index in [1.165, 1.54) is 16.2 Å². The van der Waals surface area contributed by atoms with Crippen molar-refractivity contribution in [2.24, 2.45) is 5.73 Å². The molecule has 2 aromatic rings. The highest BCUT2D eigenvalue weighted by molar-refractivity contribution is 7.13. The third kappa shape index (κ3) is 5.71. The van der Waals surface area contributed by atoms with Crippen LogP contribution in [0.5, 0.6) is 5.75 Å². The van der Waals surface area contributed by atoms with Crippen LogP contribution in [-0.2, 0) is 11.4 Å². The molecule has 1 aromatic carbocycles. The van der Waals surface area contributed by atoms with E-state index in [4.69, 9.17) is 22.1 Å². The molecule has 0 spiro atoms. The van der Waals surface area contributed by atoms with Crippen molar-refractivity contribution in [1.29, 1.82) is 0 Å². The zero-order valence-electron chi connectivity index (χ0n) is 14.8. The number of aryl methyl sites for hydroxylation is 1. The highest BCUT2D eigenvalue weighted by Gasteiger charge is 2.22. The molecule has 2 rings (SSSR count). The Morgan fingerprint density at radius 3 is 2.62 bits per heavy atom. The highest BCUT2D eigenvalue weighted by Crippen LogP contribution is 2.23. The minimum atomic E-state index is -0.525. The molecule has 0 bridgehead atoms. The first kappa shape index (κ1) is 20.2. The van der Waals surface area contributed by atoms with Crippen LogP contribution in [0.2, 0.25) is 5.02 Å². The monoisotopic (exact) mass is 395 g/mol. The summed E-state index contributed by atoms with van der Waals surface area (Å²) in [6.07, 6.45) is 1.73. The fourth-order valence-corrected chi connectivity index (χ4v) is 3.39. The number of nitrogens with zero attached hydrogens (tertiary/aromatic N) is 2. The molecule has 0 unspecified atom stereocenters. The normalized spacial score (nSPS) is 10.6. The quantitative estimate of drug-likeness (QED) is 0.704. The Morgan fingerprint density at radius 2 is 2.00 bits per heavy atom. The summed E-state index contributed by atoms with van der Waals surface area (Å²) in [5, 5.41) is 1.33. The molecule has 0 aliphatic heterocycles. The Kier molecular flexibility index (Phi) is 7.41. The molecule has 2 N–H and O–H groups in total. The lowest BCUT2D eigenvalue weighted by Crippen LogP contribution is -2.39. The number of carbonyl (C=O) groups excluding carboxylic acids is 2. The van der Waals surface area contributed by atoms with Gasteiger partial charge in [0.25, 0.3) is 5.91 Å². The van der Waals surface area contributed by atoms with E-state index in [1.807, 2.05) is 6.92 Å². The van der Waals surface area contributed by atoms with Crippen molar-refractivity contribution in [1.82, 2.24) is 9.88 Å². The number of rotatable bonds is 9. The lowest BCUT2D eigenvalue weighted by molar-refractivity contribution is -0.118. The molecule has 0 atom stereocenters. The van der Waals surface area contributed by atoms with E-state index in [1.54, 1.807) is 31.2 Å². The van der Waals surface area contributed by atoms with Gasteiger partial charge in [0.05, 0.1) is 12.2 Å². The molecule has 6 nitrogen and oxygen atoms in total. The van der Waals surface area contributed by atoms with Crippen molar-refractivity contribution < 1.29 is 14.3 Å². The van der Waals surface area contributed by atoms with Gasteiger partial charge in [0.1, 0.15) is 22.2 Å². The lowest BCUT2D eigenvalue weighted by Gasteiger charge is -2.20. The number of carbonyl (C=O) groups is 2. The number of nitrogens with two attached hydrogens (primary N) is 1. The summed E-state index contributed by atoms with van der Waals surface area (Å²) in [4.78, 5) is 30.4. The van der Waals surface area contributed by atoms with Gasteiger partial charge in [-0.05, 0) is 37.6 Å². The van der Waals surface area contributed by atoms with Crippen LogP contribution in [0.3, 0.4) is 0 Å². The van der Waals surface area contributed by atoms with Crippen molar-refractivity contribution in [2.75, 3.05) is 13.1 Å². The average Bonchev–Trinajstić information content (AvgIpc) is 2.98. The predicted molar refractivity (Wildman–Crippen MR) is 103 cm³/mol. The molecule has 0 fully saturated rings. The van der Waals surface area contributed by atoms with Crippen LogP contribution in [-0.4, -0.2) is 34.8 Å². The largest absolute Gasteiger partial charge is 0.486 e. The summed E-state index contributed by atoms with van der Waals surface area (Å²) >= 11 is 7.12. The van der Waals surface area contributed by atoms with Crippen molar-refractivity contribution >= 4 is 34.8 Å². The molecule has 0 saturated heterocycles.